The molecule has 1 heteroatoms. The van der Waals surface area contributed by atoms with Crippen molar-refractivity contribution in [2.24, 2.45) is 23.7 Å². The van der Waals surface area contributed by atoms with Crippen molar-refractivity contribution in [1.29, 1.82) is 0 Å². The van der Waals surface area contributed by atoms with Gasteiger partial charge in [-0.3, -0.25) is 0 Å². The lowest BCUT2D eigenvalue weighted by molar-refractivity contribution is 0.480. The lowest BCUT2D eigenvalue weighted by Crippen LogP contribution is -2.25. The first-order chi connectivity index (χ1) is 8.74. The van der Waals surface area contributed by atoms with Gasteiger partial charge in [-0.2, -0.15) is 0 Å². The highest BCUT2D eigenvalue weighted by atomic mass is 15.2. The molecule has 2 fully saturated rings. The van der Waals surface area contributed by atoms with Gasteiger partial charge in [0.15, 0.2) is 0 Å². The Bertz CT molecular complexity index is 464. The fourth-order valence-corrected chi connectivity index (χ4v) is 4.53. The van der Waals surface area contributed by atoms with Crippen LogP contribution in [0.2, 0.25) is 0 Å². The van der Waals surface area contributed by atoms with E-state index in [0.29, 0.717) is 0 Å². The maximum Gasteiger partial charge on any atom is 0.0369 e. The van der Waals surface area contributed by atoms with Crippen LogP contribution in [0.4, 0.5) is 5.69 Å². The second-order valence-corrected chi connectivity index (χ2v) is 6.86. The molecule has 0 spiro atoms. The number of hydrogen-bond donors (Lipinski definition) is 0. The second kappa shape index (κ2) is 3.76. The van der Waals surface area contributed by atoms with Crippen LogP contribution in [0.15, 0.2) is 18.2 Å². The van der Waals surface area contributed by atoms with Gasteiger partial charge in [-0.25, -0.2) is 0 Å². The summed E-state index contributed by atoms with van der Waals surface area (Å²) in [7, 11) is 0. The Hall–Kier alpha value is -0.980. The molecule has 0 bridgehead atoms. The third kappa shape index (κ3) is 1.52. The third-order valence-electron chi connectivity index (χ3n) is 5.48. The molecule has 18 heavy (non-hydrogen) atoms. The molecular weight excluding hydrogens is 218 g/mol. The van der Waals surface area contributed by atoms with Gasteiger partial charge in [-0.05, 0) is 66.2 Å². The van der Waals surface area contributed by atoms with Crippen LogP contribution in [-0.2, 0) is 12.8 Å². The number of anilines is 1. The molecule has 4 rings (SSSR count). The number of rotatable bonds is 2. The van der Waals surface area contributed by atoms with Crippen molar-refractivity contribution in [3.8, 4) is 0 Å². The van der Waals surface area contributed by atoms with E-state index in [9.17, 15) is 0 Å². The first-order valence-corrected chi connectivity index (χ1v) is 7.61. The van der Waals surface area contributed by atoms with E-state index < -0.39 is 0 Å². The van der Waals surface area contributed by atoms with Crippen LogP contribution in [0.1, 0.15) is 31.4 Å². The highest BCUT2D eigenvalue weighted by Crippen LogP contribution is 2.56. The fraction of sp³-hybridized carbons (Fsp3) is 0.647. The van der Waals surface area contributed by atoms with Crippen molar-refractivity contribution in [3.63, 3.8) is 0 Å². The molecule has 1 nitrogen and oxygen atoms in total. The Kier molecular flexibility index (Phi) is 2.27. The lowest BCUT2D eigenvalue weighted by atomic mass is 10.0. The monoisotopic (exact) mass is 241 g/mol. The topological polar surface area (TPSA) is 3.24 Å². The quantitative estimate of drug-likeness (QED) is 0.766. The van der Waals surface area contributed by atoms with E-state index in [2.05, 4.69) is 36.9 Å². The zero-order chi connectivity index (χ0) is 12.3. The number of aryl methyl sites for hydroxylation is 2. The molecule has 0 N–H and O–H groups in total. The average Bonchev–Trinajstić information content (AvgIpc) is 2.78. The van der Waals surface area contributed by atoms with Gasteiger partial charge >= 0.3 is 0 Å². The van der Waals surface area contributed by atoms with Crippen LogP contribution in [-0.4, -0.2) is 13.1 Å². The van der Waals surface area contributed by atoms with Crippen molar-refractivity contribution in [1.82, 2.24) is 0 Å². The van der Waals surface area contributed by atoms with E-state index in [4.69, 9.17) is 0 Å². The van der Waals surface area contributed by atoms with Gasteiger partial charge in [0.25, 0.3) is 0 Å². The number of hydrogen-bond acceptors (Lipinski definition) is 1. The smallest absolute Gasteiger partial charge is 0.0369 e. The van der Waals surface area contributed by atoms with Crippen molar-refractivity contribution in [2.75, 3.05) is 18.0 Å². The van der Waals surface area contributed by atoms with Gasteiger partial charge in [0.05, 0.1) is 0 Å². The molecule has 0 aromatic heterocycles. The first kappa shape index (κ1) is 10.9. The van der Waals surface area contributed by atoms with Gasteiger partial charge in [0.2, 0.25) is 0 Å². The summed E-state index contributed by atoms with van der Waals surface area (Å²) in [6.07, 6.45) is 3.97. The van der Waals surface area contributed by atoms with Crippen LogP contribution in [0.5, 0.6) is 0 Å². The number of piperidine rings is 1. The molecule has 2 aliphatic carbocycles. The predicted molar refractivity (Wildman–Crippen MR) is 76.0 cm³/mol. The third-order valence-corrected chi connectivity index (χ3v) is 5.48. The minimum atomic E-state index is 0.891. The average molecular weight is 241 g/mol. The molecule has 0 amide bonds. The van der Waals surface area contributed by atoms with E-state index in [0.717, 1.165) is 23.7 Å². The van der Waals surface area contributed by atoms with E-state index in [1.54, 1.807) is 11.1 Å². The second-order valence-electron chi connectivity index (χ2n) is 6.86. The summed E-state index contributed by atoms with van der Waals surface area (Å²) in [4.78, 5) is 2.63. The molecule has 1 aromatic carbocycles. The number of nitrogens with zero attached hydrogens (tertiary/aromatic N) is 1. The number of benzene rings is 1. The molecule has 0 radical (unpaired) electrons. The lowest BCUT2D eigenvalue weighted by Gasteiger charge is -2.23. The molecule has 96 valence electrons. The van der Waals surface area contributed by atoms with E-state index in [1.165, 1.54) is 38.0 Å². The highest BCUT2D eigenvalue weighted by molar-refractivity contribution is 5.54. The first-order valence-electron chi connectivity index (χ1n) is 7.61. The van der Waals surface area contributed by atoms with Crippen LogP contribution < -0.4 is 4.90 Å². The normalized spacial score (nSPS) is 32.8. The van der Waals surface area contributed by atoms with Crippen molar-refractivity contribution in [2.45, 2.75) is 33.1 Å². The zero-order valence-electron chi connectivity index (χ0n) is 11.5. The molecule has 1 saturated heterocycles. The summed E-state index contributed by atoms with van der Waals surface area (Å²) in [5.74, 6) is 3.91. The fourth-order valence-electron chi connectivity index (χ4n) is 4.53. The Morgan fingerprint density at radius 1 is 1.06 bits per heavy atom. The molecule has 2 atom stereocenters. The van der Waals surface area contributed by atoms with Gasteiger partial charge in [0.1, 0.15) is 0 Å². The summed E-state index contributed by atoms with van der Waals surface area (Å²) in [5, 5.41) is 0. The Labute approximate surface area is 110 Å². The summed E-state index contributed by atoms with van der Waals surface area (Å²) >= 11 is 0. The van der Waals surface area contributed by atoms with Crippen molar-refractivity contribution in [3.05, 3.63) is 29.3 Å². The van der Waals surface area contributed by atoms with Crippen LogP contribution in [0.3, 0.4) is 0 Å². The van der Waals surface area contributed by atoms with E-state index in [-0.39, 0.29) is 0 Å². The highest BCUT2D eigenvalue weighted by Gasteiger charge is 2.56. The van der Waals surface area contributed by atoms with E-state index >= 15 is 0 Å². The molecule has 1 heterocycles. The van der Waals surface area contributed by atoms with Gasteiger partial charge in [-0.1, -0.05) is 19.9 Å². The summed E-state index contributed by atoms with van der Waals surface area (Å²) in [6, 6.07) is 7.21. The summed E-state index contributed by atoms with van der Waals surface area (Å²) in [5.41, 5.74) is 4.71. The summed E-state index contributed by atoms with van der Waals surface area (Å²) in [6.45, 7) is 7.41. The van der Waals surface area contributed by atoms with Crippen molar-refractivity contribution < 1.29 is 0 Å². The molecular formula is C17H23N. The molecule has 3 aliphatic rings. The van der Waals surface area contributed by atoms with Crippen molar-refractivity contribution >= 4 is 5.69 Å². The standard InChI is InChI=1S/C17H23N/c1-11(2)17-15-9-18(10-16(15)17)14-7-6-12-4-3-5-13(12)8-14/h6-8,11,15-17H,3-5,9-10H2,1-2H3. The van der Waals surface area contributed by atoms with Gasteiger partial charge < -0.3 is 4.90 Å². The maximum atomic E-state index is 2.63. The molecule has 1 saturated carbocycles. The van der Waals surface area contributed by atoms with Crippen LogP contribution in [0, 0.1) is 23.7 Å². The molecule has 2 unspecified atom stereocenters. The van der Waals surface area contributed by atoms with Gasteiger partial charge in [-0.15, -0.1) is 0 Å². The van der Waals surface area contributed by atoms with Crippen LogP contribution in [0.25, 0.3) is 0 Å². The van der Waals surface area contributed by atoms with E-state index in [1.807, 2.05) is 0 Å². The Morgan fingerprint density at radius 2 is 1.78 bits per heavy atom. The predicted octanol–water partition coefficient (Wildman–Crippen LogP) is 3.51. The number of fused-ring (bicyclic) bond motifs is 2. The minimum absolute atomic E-state index is 0.891. The molecule has 1 aliphatic heterocycles. The maximum absolute atomic E-state index is 2.63. The van der Waals surface area contributed by atoms with Gasteiger partial charge in [0, 0.05) is 18.8 Å². The minimum Gasteiger partial charge on any atom is -0.371 e. The Balaban J connectivity index is 1.50. The summed E-state index contributed by atoms with van der Waals surface area (Å²) < 4.78 is 0. The largest absolute Gasteiger partial charge is 0.371 e. The van der Waals surface area contributed by atoms with Crippen LogP contribution >= 0.6 is 0 Å². The Morgan fingerprint density at radius 3 is 2.50 bits per heavy atom. The zero-order valence-corrected chi connectivity index (χ0v) is 11.5. The molecule has 1 aromatic rings. The SMILES string of the molecule is CC(C)C1C2CN(c3ccc4c(c3)CCC4)CC21.